The van der Waals surface area contributed by atoms with Crippen molar-refractivity contribution >= 4 is 17.5 Å². The summed E-state index contributed by atoms with van der Waals surface area (Å²) >= 11 is 0. The van der Waals surface area contributed by atoms with Crippen molar-refractivity contribution < 1.29 is 14.3 Å². The van der Waals surface area contributed by atoms with Gasteiger partial charge in [-0.15, -0.1) is 0 Å². The molecule has 0 radical (unpaired) electrons. The van der Waals surface area contributed by atoms with Crippen LogP contribution in [0, 0.1) is 0 Å². The molecule has 9 nitrogen and oxygen atoms in total. The number of rotatable bonds is 5. The van der Waals surface area contributed by atoms with Crippen LogP contribution in [0.3, 0.4) is 0 Å². The minimum atomic E-state index is -0.209. The maximum atomic E-state index is 11.8. The minimum absolute atomic E-state index is 0.180. The van der Waals surface area contributed by atoms with Crippen LogP contribution in [0.15, 0.2) is 24.3 Å². The summed E-state index contributed by atoms with van der Waals surface area (Å²) in [6.45, 7) is 10.4. The molecule has 0 bridgehead atoms. The van der Waals surface area contributed by atoms with Crippen LogP contribution in [0.5, 0.6) is 0 Å². The molecule has 2 saturated heterocycles. The van der Waals surface area contributed by atoms with Gasteiger partial charge in [0.05, 0.1) is 37.7 Å². The quantitative estimate of drug-likeness (QED) is 0.719. The highest BCUT2D eigenvalue weighted by molar-refractivity contribution is 5.89. The van der Waals surface area contributed by atoms with Gasteiger partial charge in [0.15, 0.2) is 5.82 Å². The number of benzene rings is 1. The molecule has 2 fully saturated rings. The second kappa shape index (κ2) is 9.62. The average molecular weight is 453 g/mol. The summed E-state index contributed by atoms with van der Waals surface area (Å²) < 4.78 is 11.2. The molecular formula is C24H32N6O3. The third-order valence-electron chi connectivity index (χ3n) is 6.49. The third-order valence-corrected chi connectivity index (χ3v) is 6.49. The summed E-state index contributed by atoms with van der Waals surface area (Å²) in [6, 6.07) is 8.00. The molecular weight excluding hydrogens is 420 g/mol. The van der Waals surface area contributed by atoms with Crippen molar-refractivity contribution in [1.29, 1.82) is 0 Å². The van der Waals surface area contributed by atoms with E-state index in [0.717, 1.165) is 74.4 Å². The first kappa shape index (κ1) is 22.1. The molecule has 0 saturated carbocycles. The number of carbonyl (C=O) groups is 1. The van der Waals surface area contributed by atoms with Crippen LogP contribution in [0.2, 0.25) is 0 Å². The Morgan fingerprint density at radius 3 is 2.70 bits per heavy atom. The molecule has 3 aliphatic heterocycles. The number of fused-ring (bicyclic) bond motifs is 1. The molecule has 4 heterocycles. The van der Waals surface area contributed by atoms with Crippen molar-refractivity contribution in [2.24, 2.45) is 0 Å². The molecule has 1 unspecified atom stereocenters. The van der Waals surface area contributed by atoms with Crippen molar-refractivity contribution in [2.45, 2.75) is 39.0 Å². The lowest BCUT2D eigenvalue weighted by atomic mass is 10.0. The van der Waals surface area contributed by atoms with E-state index in [9.17, 15) is 4.79 Å². The highest BCUT2D eigenvalue weighted by atomic mass is 16.5. The van der Waals surface area contributed by atoms with Crippen molar-refractivity contribution in [1.82, 2.24) is 20.2 Å². The van der Waals surface area contributed by atoms with Gasteiger partial charge in [-0.3, -0.25) is 4.90 Å². The number of nitrogens with zero attached hydrogens (tertiary/aromatic N) is 4. The molecule has 33 heavy (non-hydrogen) atoms. The number of morpholine rings is 1. The molecule has 2 amide bonds. The Balaban J connectivity index is 1.45. The summed E-state index contributed by atoms with van der Waals surface area (Å²) in [6.07, 6.45) is 1.13. The SMILES string of the molecule is CCNC(=O)Nc1ccc(-c2nc3c(c(N4CCOC(C)C4)n2)CCN(C2COC2)C3)cc1. The van der Waals surface area contributed by atoms with E-state index in [-0.39, 0.29) is 12.1 Å². The van der Waals surface area contributed by atoms with Gasteiger partial charge in [-0.25, -0.2) is 14.8 Å². The number of hydrogen-bond acceptors (Lipinski definition) is 7. The monoisotopic (exact) mass is 452 g/mol. The molecule has 3 aliphatic rings. The molecule has 9 heteroatoms. The van der Waals surface area contributed by atoms with Crippen molar-refractivity contribution in [3.05, 3.63) is 35.5 Å². The zero-order valence-electron chi connectivity index (χ0n) is 19.3. The zero-order chi connectivity index (χ0) is 22.8. The molecule has 1 aromatic heterocycles. The Bertz CT molecular complexity index is 994. The van der Waals surface area contributed by atoms with Gasteiger partial charge in [0, 0.05) is 49.5 Å². The van der Waals surface area contributed by atoms with E-state index in [1.54, 1.807) is 0 Å². The number of nitrogens with one attached hydrogen (secondary N) is 2. The summed E-state index contributed by atoms with van der Waals surface area (Å²) in [5.74, 6) is 1.76. The molecule has 2 aromatic rings. The van der Waals surface area contributed by atoms with Crippen LogP contribution < -0.4 is 15.5 Å². The number of anilines is 2. The second-order valence-electron chi connectivity index (χ2n) is 8.90. The van der Waals surface area contributed by atoms with Crippen molar-refractivity contribution in [3.8, 4) is 11.4 Å². The van der Waals surface area contributed by atoms with Crippen LogP contribution in [0.1, 0.15) is 25.1 Å². The normalized spacial score (nSPS) is 21.3. The molecule has 0 aliphatic carbocycles. The summed E-state index contributed by atoms with van der Waals surface area (Å²) in [5, 5.41) is 5.58. The standard InChI is InChI=1S/C24H32N6O3/c1-3-25-24(31)26-18-6-4-17(5-7-18)22-27-21-13-29(19-14-32-15-19)9-8-20(21)23(28-22)30-10-11-33-16(2)12-30/h4-7,16,19H,3,8-15H2,1-2H3,(H2,25,26,31). The first-order valence-electron chi connectivity index (χ1n) is 11.8. The Labute approximate surface area is 194 Å². The fourth-order valence-electron chi connectivity index (χ4n) is 4.62. The Morgan fingerprint density at radius 2 is 2.00 bits per heavy atom. The Kier molecular flexibility index (Phi) is 6.43. The highest BCUT2D eigenvalue weighted by Crippen LogP contribution is 2.32. The molecule has 0 spiro atoms. The molecule has 176 valence electrons. The van der Waals surface area contributed by atoms with E-state index in [2.05, 4.69) is 27.4 Å². The number of aromatic nitrogens is 2. The Morgan fingerprint density at radius 1 is 1.18 bits per heavy atom. The van der Waals surface area contributed by atoms with E-state index >= 15 is 0 Å². The molecule has 2 N–H and O–H groups in total. The zero-order valence-corrected chi connectivity index (χ0v) is 19.3. The lowest BCUT2D eigenvalue weighted by Crippen LogP contribution is -2.51. The van der Waals surface area contributed by atoms with Crippen LogP contribution in [0.4, 0.5) is 16.3 Å². The molecule has 1 aromatic carbocycles. The van der Waals surface area contributed by atoms with Crippen LogP contribution in [-0.4, -0.2) is 79.0 Å². The number of amides is 2. The summed E-state index contributed by atoms with van der Waals surface area (Å²) in [7, 11) is 0. The van der Waals surface area contributed by atoms with Gasteiger partial charge in [-0.1, -0.05) is 0 Å². The lowest BCUT2D eigenvalue weighted by Gasteiger charge is -2.41. The maximum Gasteiger partial charge on any atom is 0.319 e. The van der Waals surface area contributed by atoms with E-state index < -0.39 is 0 Å². The van der Waals surface area contributed by atoms with Crippen molar-refractivity contribution in [2.75, 3.05) is 56.2 Å². The first-order chi connectivity index (χ1) is 16.1. The fourth-order valence-corrected chi connectivity index (χ4v) is 4.62. The smallest absolute Gasteiger partial charge is 0.319 e. The number of hydrogen-bond donors (Lipinski definition) is 2. The minimum Gasteiger partial charge on any atom is -0.378 e. The van der Waals surface area contributed by atoms with E-state index in [4.69, 9.17) is 19.4 Å². The van der Waals surface area contributed by atoms with Crippen LogP contribution >= 0.6 is 0 Å². The van der Waals surface area contributed by atoms with Gasteiger partial charge >= 0.3 is 6.03 Å². The predicted molar refractivity (Wildman–Crippen MR) is 127 cm³/mol. The largest absolute Gasteiger partial charge is 0.378 e. The summed E-state index contributed by atoms with van der Waals surface area (Å²) in [5.41, 5.74) is 4.04. The third kappa shape index (κ3) is 4.80. The summed E-state index contributed by atoms with van der Waals surface area (Å²) in [4.78, 5) is 26.7. The first-order valence-corrected chi connectivity index (χ1v) is 11.8. The van der Waals surface area contributed by atoms with E-state index in [0.29, 0.717) is 19.2 Å². The van der Waals surface area contributed by atoms with E-state index in [1.807, 2.05) is 31.2 Å². The predicted octanol–water partition coefficient (Wildman–Crippen LogP) is 2.27. The second-order valence-corrected chi connectivity index (χ2v) is 8.90. The average Bonchev–Trinajstić information content (AvgIpc) is 2.78. The Hall–Kier alpha value is -2.75. The van der Waals surface area contributed by atoms with Gasteiger partial charge in [-0.2, -0.15) is 0 Å². The van der Waals surface area contributed by atoms with Gasteiger partial charge in [0.25, 0.3) is 0 Å². The van der Waals surface area contributed by atoms with Gasteiger partial charge in [0.1, 0.15) is 5.82 Å². The van der Waals surface area contributed by atoms with Gasteiger partial charge in [0.2, 0.25) is 0 Å². The maximum absolute atomic E-state index is 11.8. The van der Waals surface area contributed by atoms with Crippen LogP contribution in [-0.2, 0) is 22.4 Å². The molecule has 5 rings (SSSR count). The lowest BCUT2D eigenvalue weighted by molar-refractivity contribution is -0.0699. The fraction of sp³-hybridized carbons (Fsp3) is 0.542. The van der Waals surface area contributed by atoms with Crippen molar-refractivity contribution in [3.63, 3.8) is 0 Å². The molecule has 1 atom stereocenters. The van der Waals surface area contributed by atoms with Crippen LogP contribution in [0.25, 0.3) is 11.4 Å². The highest BCUT2D eigenvalue weighted by Gasteiger charge is 2.32. The van der Waals surface area contributed by atoms with Gasteiger partial charge in [-0.05, 0) is 44.5 Å². The number of urea groups is 1. The number of carbonyl (C=O) groups excluding carboxylic acids is 1. The topological polar surface area (TPSA) is 91.9 Å². The number of ether oxygens (including phenoxy) is 2. The van der Waals surface area contributed by atoms with E-state index in [1.165, 1.54) is 5.56 Å². The van der Waals surface area contributed by atoms with Gasteiger partial charge < -0.3 is 25.0 Å².